The van der Waals surface area contributed by atoms with Crippen LogP contribution in [0.1, 0.15) is 166 Å². The van der Waals surface area contributed by atoms with Crippen molar-refractivity contribution in [3.05, 3.63) is 45.0 Å². The van der Waals surface area contributed by atoms with Crippen LogP contribution in [0.3, 0.4) is 0 Å². The third-order valence-electron chi connectivity index (χ3n) is 20.7. The Morgan fingerprint density at radius 1 is 0.722 bits per heavy atom. The van der Waals surface area contributed by atoms with E-state index < -0.39 is 21.0 Å². The molecule has 20 heteroatoms. The first-order chi connectivity index (χ1) is 32.5. The van der Waals surface area contributed by atoms with Crippen molar-refractivity contribution in [2.45, 2.75) is 182 Å². The van der Waals surface area contributed by atoms with Crippen LogP contribution in [0.4, 0.5) is 11.4 Å². The Bertz CT molecular complexity index is 2190. The van der Waals surface area contributed by atoms with Gasteiger partial charge < -0.3 is 21.8 Å². The minimum absolute atomic E-state index is 0. The molecule has 0 amide bonds. The molecule has 8 aliphatic rings. The molecule has 0 unspecified atom stereocenters. The summed E-state index contributed by atoms with van der Waals surface area (Å²) in [6.07, 6.45) is 25.4. The molecule has 2 aromatic rings. The molecule has 394 valence electrons. The third-order valence-corrected chi connectivity index (χ3v) is 21.3. The first-order valence-electron chi connectivity index (χ1n) is 25.6. The molecule has 2 heterocycles. The molecular weight excluding hydrogens is 1040 g/mol. The molecule has 8 saturated carbocycles. The average Bonchev–Trinajstić information content (AvgIpc) is 4.13. The Hall–Kier alpha value is -0.337. The number of nitro groups is 2. The molecule has 0 aromatic carbocycles. The van der Waals surface area contributed by atoms with Gasteiger partial charge in [0.05, 0.1) is 32.6 Å². The molecule has 8 fully saturated rings. The number of rotatable bonds is 8. The largest absolute Gasteiger partial charge is 1.00 e. The molecule has 17 nitrogen and oxygen atoms in total. The summed E-state index contributed by atoms with van der Waals surface area (Å²) in [7, 11) is 0. The van der Waals surface area contributed by atoms with Gasteiger partial charge in [-0.2, -0.15) is 10.2 Å². The van der Waals surface area contributed by atoms with Gasteiger partial charge in [0.1, 0.15) is 30.9 Å². The van der Waals surface area contributed by atoms with Crippen LogP contribution in [0, 0.1) is 101 Å². The quantitative estimate of drug-likeness (QED) is 0.0854. The van der Waals surface area contributed by atoms with Crippen LogP contribution in [-0.2, 0) is 25.8 Å². The number of hydrogen-bond donors (Lipinski definition) is 3. The van der Waals surface area contributed by atoms with Crippen molar-refractivity contribution < 1.29 is 149 Å². The average molecular weight is 1120 g/mol. The van der Waals surface area contributed by atoms with Crippen molar-refractivity contribution in [2.75, 3.05) is 5.33 Å². The molecule has 72 heavy (non-hydrogen) atoms. The number of fused-ring (bicyclic) bond motifs is 10. The number of aromatic nitrogens is 4. The fourth-order valence-corrected chi connectivity index (χ4v) is 17.6. The van der Waals surface area contributed by atoms with Gasteiger partial charge in [-0.25, -0.2) is 0 Å². The van der Waals surface area contributed by atoms with Gasteiger partial charge in [0.2, 0.25) is 0 Å². The van der Waals surface area contributed by atoms with Gasteiger partial charge in [-0.05, 0) is 198 Å². The van der Waals surface area contributed by atoms with Crippen LogP contribution in [0.25, 0.3) is 0 Å². The van der Waals surface area contributed by atoms with Gasteiger partial charge in [-0.15, -0.1) is 0 Å². The van der Waals surface area contributed by atoms with Crippen molar-refractivity contribution in [2.24, 2.45) is 80.8 Å². The predicted molar refractivity (Wildman–Crippen MR) is 265 cm³/mol. The van der Waals surface area contributed by atoms with Crippen molar-refractivity contribution >= 4 is 45.3 Å². The first kappa shape index (κ1) is 64.2. The summed E-state index contributed by atoms with van der Waals surface area (Å²) >= 11 is 3.43. The van der Waals surface area contributed by atoms with E-state index in [1.54, 1.807) is 0 Å². The van der Waals surface area contributed by atoms with Crippen molar-refractivity contribution in [1.82, 2.24) is 20.0 Å². The Kier molecular flexibility index (Phi) is 22.9. The second kappa shape index (κ2) is 25.6. The van der Waals surface area contributed by atoms with Gasteiger partial charge >= 0.3 is 114 Å². The molecule has 0 aliphatic heterocycles. The summed E-state index contributed by atoms with van der Waals surface area (Å²) in [6, 6.07) is 0. The number of halogens is 1. The number of carbonyl (C=O) groups is 3. The smallest absolute Gasteiger partial charge is 1.00 e. The Labute approximate surface area is 521 Å². The van der Waals surface area contributed by atoms with Gasteiger partial charge in [0.25, 0.3) is 6.47 Å². The Morgan fingerprint density at radius 2 is 1.17 bits per heavy atom. The molecule has 0 saturated heterocycles. The number of hydrogen-bond acceptors (Lipinski definition) is 13. The van der Waals surface area contributed by atoms with Crippen LogP contribution in [0.15, 0.2) is 24.8 Å². The van der Waals surface area contributed by atoms with E-state index in [1.807, 2.05) is 13.8 Å². The summed E-state index contributed by atoms with van der Waals surface area (Å²) < 4.78 is 1.43. The summed E-state index contributed by atoms with van der Waals surface area (Å²) in [5, 5.41) is 60.7. The minimum atomic E-state index is -0.510. The molecule has 3 N–H and O–H groups in total. The molecule has 2 aromatic heterocycles. The van der Waals surface area contributed by atoms with E-state index in [0.29, 0.717) is 51.5 Å². The van der Waals surface area contributed by atoms with E-state index in [0.717, 1.165) is 81.7 Å². The van der Waals surface area contributed by atoms with E-state index >= 15 is 0 Å². The second-order valence-electron chi connectivity index (χ2n) is 24.2. The summed E-state index contributed by atoms with van der Waals surface area (Å²) in [5.74, 6) is 6.60. The summed E-state index contributed by atoms with van der Waals surface area (Å²) in [5.41, 5.74) is -0.00810. The first-order valence-corrected chi connectivity index (χ1v) is 26.7. The Balaban J connectivity index is 0.000000305. The standard InChI is InChI=1S/C25H37N3O4.C22H35BrO2.C3H3N3O2.CH2O3.CH4.2K.H/c1-23(30)10-11-24(2)16(12-23)4-5-18-19-6-7-21(25(19,3)9-8-20(18)24)22(29)15-27-14-17(13-26-27)28(31)32;1-20(25)10-11-21(2)14(12-20)4-5-15-16-6-7-18(19(24)13-23)22(16,3)9-8-17(15)21;7-6(8)3-1-4-5-2-3;2-1-4-3;;;;/h13-14,16,18-21,30H,4-12,15H2,1-3H3;14-18,25H,4-13H2,1-3H3;1-2H,(H,4,5);1,3H;1H4;;;/q;;;;;2*+1;-1/p-1/t16-,18+,19+,20+,21-,23-,24+,25+;14-,15+,16+,17+,18-,20-,21+,22+;;;;;;/m11....../s1. The summed E-state index contributed by atoms with van der Waals surface area (Å²) in [4.78, 5) is 56.9. The van der Waals surface area contributed by atoms with Gasteiger partial charge in [0, 0.05) is 11.8 Å². The van der Waals surface area contributed by atoms with Crippen LogP contribution in [-0.4, -0.2) is 74.6 Å². The Morgan fingerprint density at radius 3 is 1.54 bits per heavy atom. The van der Waals surface area contributed by atoms with Crippen LogP contribution >= 0.6 is 15.9 Å². The van der Waals surface area contributed by atoms with E-state index in [9.17, 15) is 40.0 Å². The topological polar surface area (TPSA) is 257 Å². The number of carbonyl (C=O) groups excluding carboxylic acids is 3. The summed E-state index contributed by atoms with van der Waals surface area (Å²) in [6.45, 7) is 13.8. The number of nitrogens with one attached hydrogen (secondary N) is 1. The molecule has 16 atom stereocenters. The van der Waals surface area contributed by atoms with Gasteiger partial charge in [0.15, 0.2) is 5.78 Å². The molecule has 10 rings (SSSR count). The number of nitrogens with zero attached hydrogens (tertiary/aromatic N) is 5. The van der Waals surface area contributed by atoms with E-state index in [4.69, 9.17) is 10.1 Å². The van der Waals surface area contributed by atoms with Crippen molar-refractivity contribution in [3.8, 4) is 0 Å². The van der Waals surface area contributed by atoms with Crippen molar-refractivity contribution in [1.29, 1.82) is 0 Å². The SMILES string of the molecule is C.C[C@@]1(O)CC[C@@]2(C)[C@H](CC[C@@H]3[C@@H]2CC[C@]2(C)[C@@H](C(=O)CBr)CC[C@@H]32)C1.C[C@@]1(O)CC[C@@]2(C)[C@H](CC[C@@H]3[C@@H]2CC[C@]2(C)[C@@H](C(=O)Cn4cc([N+](=O)[O-])cn4)CC[C@@H]32)C1.O=CO[O-].O=[N+]([O-])c1cn[nH]c1.[H-].[K+].[K+]. The maximum absolute atomic E-state index is 13.3. The third kappa shape index (κ3) is 13.0. The number of Topliss-reactive ketones (excluding diaryl/α,β-unsaturated/α-hetero) is 2. The van der Waals surface area contributed by atoms with Crippen LogP contribution < -0.4 is 108 Å². The monoisotopic (exact) mass is 1120 g/mol. The minimum Gasteiger partial charge on any atom is -1.00 e. The second-order valence-corrected chi connectivity index (χ2v) is 24.8. The number of H-pyrrole nitrogens is 1. The number of aromatic amines is 1. The molecular formula is C52H81BrK2N6O11. The zero-order chi connectivity index (χ0) is 50.3. The molecule has 8 aliphatic carbocycles. The molecule has 0 bridgehead atoms. The normalized spacial score (nSPS) is 40.7. The number of aliphatic hydroxyl groups is 2. The zero-order valence-corrected chi connectivity index (χ0v) is 51.3. The van der Waals surface area contributed by atoms with Crippen LogP contribution in [0.5, 0.6) is 0 Å². The van der Waals surface area contributed by atoms with Gasteiger partial charge in [-0.1, -0.05) is 51.1 Å². The fraction of sp³-hybridized carbons (Fsp3) is 0.827. The fourth-order valence-electron chi connectivity index (χ4n) is 17.2. The van der Waals surface area contributed by atoms with E-state index in [-0.39, 0.29) is 164 Å². The maximum Gasteiger partial charge on any atom is 1.00 e. The molecule has 0 radical (unpaired) electrons. The van der Waals surface area contributed by atoms with Crippen molar-refractivity contribution in [3.63, 3.8) is 0 Å². The number of alkyl halides is 1. The van der Waals surface area contributed by atoms with E-state index in [2.05, 4.69) is 63.8 Å². The predicted octanol–water partition coefficient (Wildman–Crippen LogP) is 3.64. The van der Waals surface area contributed by atoms with E-state index in [1.165, 1.54) is 81.1 Å². The molecule has 0 spiro atoms. The zero-order valence-electron chi connectivity index (χ0n) is 44.5. The maximum atomic E-state index is 13.3. The van der Waals surface area contributed by atoms with Gasteiger partial charge in [-0.3, -0.25) is 44.4 Å². The van der Waals surface area contributed by atoms with Crippen LogP contribution in [0.2, 0.25) is 0 Å². The number of ketones is 2.